The summed E-state index contributed by atoms with van der Waals surface area (Å²) in [5.41, 5.74) is 1.10. The maximum absolute atomic E-state index is 13.7. The monoisotopic (exact) mass is 433 g/mol. The molecule has 0 heterocycles. The van der Waals surface area contributed by atoms with Gasteiger partial charge in [-0.1, -0.05) is 121 Å². The zero-order valence-electron chi connectivity index (χ0n) is 17.8. The number of rotatable bonds is 7. The molecule has 0 aromatic heterocycles. The van der Waals surface area contributed by atoms with Crippen molar-refractivity contribution in [2.45, 2.75) is 12.8 Å². The molecule has 0 amide bonds. The van der Waals surface area contributed by atoms with Gasteiger partial charge in [0.15, 0.2) is 5.78 Å². The summed E-state index contributed by atoms with van der Waals surface area (Å²) >= 11 is 0. The van der Waals surface area contributed by atoms with Gasteiger partial charge in [-0.05, 0) is 34.8 Å². The molecule has 32 heavy (non-hydrogen) atoms. The van der Waals surface area contributed by atoms with Crippen molar-refractivity contribution in [3.8, 4) is 6.07 Å². The molecule has 4 aromatic carbocycles. The molecule has 2 nitrogen and oxygen atoms in total. The Labute approximate surface area is 189 Å². The van der Waals surface area contributed by atoms with Crippen LogP contribution in [0, 0.1) is 11.3 Å². The Morgan fingerprint density at radius 2 is 1.00 bits per heavy atom. The van der Waals surface area contributed by atoms with Crippen LogP contribution in [-0.4, -0.2) is 11.1 Å². The Morgan fingerprint density at radius 1 is 0.625 bits per heavy atom. The molecule has 0 radical (unpaired) electrons. The van der Waals surface area contributed by atoms with Crippen molar-refractivity contribution >= 4 is 33.9 Å². The maximum Gasteiger partial charge on any atom is 0.174 e. The standard InChI is InChI=1S/C29H24NOP/c30-23-29(28(31)22-21-24-13-5-1-6-14-24)32(25-15-7-2-8-16-25,26-17-9-3-10-18-26)27-19-11-4-12-20-27/h1-20H,21-22H2. The molecule has 0 unspecified atom stereocenters. The van der Waals surface area contributed by atoms with Crippen LogP contribution in [-0.2, 0) is 11.2 Å². The summed E-state index contributed by atoms with van der Waals surface area (Å²) in [6.45, 7) is -2.63. The number of carbonyl (C=O) groups is 1. The lowest BCUT2D eigenvalue weighted by molar-refractivity contribution is -0.112. The molecule has 3 heteroatoms. The topological polar surface area (TPSA) is 40.9 Å². The third-order valence-corrected chi connectivity index (χ3v) is 9.86. The summed E-state index contributed by atoms with van der Waals surface area (Å²) in [5.74, 6) is -0.0822. The molecular formula is C29H24NOP. The Balaban J connectivity index is 2.00. The highest BCUT2D eigenvalue weighted by atomic mass is 31.2. The van der Waals surface area contributed by atoms with E-state index >= 15 is 0 Å². The Morgan fingerprint density at radius 3 is 1.38 bits per heavy atom. The second-order valence-electron chi connectivity index (χ2n) is 7.55. The van der Waals surface area contributed by atoms with Gasteiger partial charge in [0.05, 0.1) is 0 Å². The van der Waals surface area contributed by atoms with Crippen molar-refractivity contribution in [1.82, 2.24) is 0 Å². The zero-order valence-corrected chi connectivity index (χ0v) is 18.7. The highest BCUT2D eigenvalue weighted by Crippen LogP contribution is 2.46. The number of nitrogens with zero attached hydrogens (tertiary/aromatic N) is 1. The summed E-state index contributed by atoms with van der Waals surface area (Å²) in [6.07, 6.45) is 0.921. The summed E-state index contributed by atoms with van der Waals surface area (Å²) in [7, 11) is 0. The lowest BCUT2D eigenvalue weighted by Crippen LogP contribution is -2.33. The van der Waals surface area contributed by atoms with E-state index in [1.165, 1.54) is 0 Å². The summed E-state index contributed by atoms with van der Waals surface area (Å²) in [5, 5.41) is 13.8. The van der Waals surface area contributed by atoms with Crippen LogP contribution in [0.5, 0.6) is 0 Å². The Kier molecular flexibility index (Phi) is 6.81. The van der Waals surface area contributed by atoms with E-state index in [9.17, 15) is 10.1 Å². The van der Waals surface area contributed by atoms with Crippen molar-refractivity contribution in [2.24, 2.45) is 0 Å². The summed E-state index contributed by atoms with van der Waals surface area (Å²) < 4.78 is 0. The van der Waals surface area contributed by atoms with Crippen LogP contribution in [0.25, 0.3) is 0 Å². The van der Waals surface area contributed by atoms with E-state index in [-0.39, 0.29) is 5.78 Å². The molecule has 0 aliphatic rings. The van der Waals surface area contributed by atoms with Gasteiger partial charge in [-0.15, -0.1) is 0 Å². The van der Waals surface area contributed by atoms with Gasteiger partial charge in [-0.25, -0.2) is 0 Å². The number of ketones is 1. The fraction of sp³-hybridized carbons (Fsp3) is 0.0690. The molecule has 4 aromatic rings. The van der Waals surface area contributed by atoms with Crippen LogP contribution < -0.4 is 15.9 Å². The number of Topliss-reactive ketones (excluding diaryl/α,β-unsaturated/α-hetero) is 1. The molecule has 0 saturated heterocycles. The predicted molar refractivity (Wildman–Crippen MR) is 136 cm³/mol. The minimum atomic E-state index is -2.63. The van der Waals surface area contributed by atoms with Crippen LogP contribution in [0.3, 0.4) is 0 Å². The number of nitriles is 1. The normalized spacial score (nSPS) is 10.8. The number of carbonyl (C=O) groups excluding carboxylic acids is 1. The average molecular weight is 433 g/mol. The van der Waals surface area contributed by atoms with Gasteiger partial charge in [0, 0.05) is 6.42 Å². The average Bonchev–Trinajstić information content (AvgIpc) is 2.88. The van der Waals surface area contributed by atoms with Gasteiger partial charge < -0.3 is 0 Å². The van der Waals surface area contributed by atoms with E-state index in [2.05, 4.69) is 42.5 Å². The molecule has 0 aliphatic heterocycles. The van der Waals surface area contributed by atoms with Gasteiger partial charge >= 0.3 is 0 Å². The fourth-order valence-corrected chi connectivity index (χ4v) is 8.30. The van der Waals surface area contributed by atoms with E-state index in [0.29, 0.717) is 18.1 Å². The predicted octanol–water partition coefficient (Wildman–Crippen LogP) is 4.88. The lowest BCUT2D eigenvalue weighted by atomic mass is 10.1. The molecule has 156 valence electrons. The number of aryl methyl sites for hydroxylation is 1. The lowest BCUT2D eigenvalue weighted by Gasteiger charge is -2.30. The largest absolute Gasteiger partial charge is 0.293 e. The van der Waals surface area contributed by atoms with Crippen LogP contribution in [0.15, 0.2) is 121 Å². The fourth-order valence-electron chi connectivity index (χ4n) is 4.13. The van der Waals surface area contributed by atoms with Crippen molar-refractivity contribution < 1.29 is 4.79 Å². The molecule has 0 aliphatic carbocycles. The second-order valence-corrected chi connectivity index (χ2v) is 10.9. The van der Waals surface area contributed by atoms with Gasteiger partial charge in [0.25, 0.3) is 0 Å². The molecule has 0 bridgehead atoms. The van der Waals surface area contributed by atoms with Crippen molar-refractivity contribution in [3.63, 3.8) is 0 Å². The van der Waals surface area contributed by atoms with Crippen molar-refractivity contribution in [1.29, 1.82) is 5.26 Å². The molecule has 4 rings (SSSR count). The number of hydrogen-bond acceptors (Lipinski definition) is 2. The first-order chi connectivity index (χ1) is 15.8. The Bertz CT molecular complexity index is 1170. The van der Waals surface area contributed by atoms with E-state index in [4.69, 9.17) is 0 Å². The van der Waals surface area contributed by atoms with E-state index < -0.39 is 6.89 Å². The molecule has 0 fully saturated rings. The highest BCUT2D eigenvalue weighted by molar-refractivity contribution is 7.96. The number of hydrogen-bond donors (Lipinski definition) is 0. The molecule has 0 saturated carbocycles. The summed E-state index contributed by atoms with van der Waals surface area (Å²) in [6, 6.07) is 42.5. The van der Waals surface area contributed by atoms with E-state index in [0.717, 1.165) is 21.5 Å². The maximum atomic E-state index is 13.7. The van der Waals surface area contributed by atoms with E-state index in [1.807, 2.05) is 84.9 Å². The van der Waals surface area contributed by atoms with Gasteiger partial charge in [0.1, 0.15) is 11.4 Å². The third kappa shape index (κ3) is 4.22. The molecule has 0 N–H and O–H groups in total. The van der Waals surface area contributed by atoms with Gasteiger partial charge in [0.2, 0.25) is 0 Å². The third-order valence-electron chi connectivity index (χ3n) is 5.62. The van der Waals surface area contributed by atoms with Crippen LogP contribution in [0.2, 0.25) is 0 Å². The van der Waals surface area contributed by atoms with E-state index in [1.54, 1.807) is 0 Å². The quantitative estimate of drug-likeness (QED) is 0.390. The van der Waals surface area contributed by atoms with Gasteiger partial charge in [-0.3, -0.25) is 4.79 Å². The van der Waals surface area contributed by atoms with Crippen molar-refractivity contribution in [2.75, 3.05) is 0 Å². The van der Waals surface area contributed by atoms with Crippen LogP contribution in [0.4, 0.5) is 0 Å². The van der Waals surface area contributed by atoms with Crippen molar-refractivity contribution in [3.05, 3.63) is 127 Å². The van der Waals surface area contributed by atoms with Crippen LogP contribution in [0.1, 0.15) is 12.0 Å². The first-order valence-corrected chi connectivity index (χ1v) is 12.5. The SMILES string of the molecule is N#CC(C(=O)CCc1ccccc1)=P(c1ccccc1)(c1ccccc1)c1ccccc1. The first-order valence-electron chi connectivity index (χ1n) is 10.7. The van der Waals surface area contributed by atoms with Gasteiger partial charge in [-0.2, -0.15) is 5.26 Å². The highest BCUT2D eigenvalue weighted by Gasteiger charge is 2.32. The minimum absolute atomic E-state index is 0.0822. The first kappa shape index (κ1) is 21.6. The smallest absolute Gasteiger partial charge is 0.174 e. The van der Waals surface area contributed by atoms with Crippen LogP contribution >= 0.6 is 6.89 Å². The molecule has 0 atom stereocenters. The minimum Gasteiger partial charge on any atom is -0.293 e. The number of benzene rings is 4. The Hall–Kier alpha value is -3.66. The summed E-state index contributed by atoms with van der Waals surface area (Å²) in [4.78, 5) is 13.7. The second kappa shape index (κ2) is 10.1. The zero-order chi connectivity index (χ0) is 22.2. The molecule has 0 spiro atoms. The molecular weight excluding hydrogens is 409 g/mol.